The van der Waals surface area contributed by atoms with Crippen molar-refractivity contribution in [2.75, 3.05) is 0 Å². The van der Waals surface area contributed by atoms with Gasteiger partial charge in [0.2, 0.25) is 0 Å². The molecule has 1 nitrogen and oxygen atoms in total. The predicted molar refractivity (Wildman–Crippen MR) is 58.0 cm³/mol. The summed E-state index contributed by atoms with van der Waals surface area (Å²) in [5.41, 5.74) is 1.31. The second-order valence-corrected chi connectivity index (χ2v) is 5.17. The Kier molecular flexibility index (Phi) is 2.50. The summed E-state index contributed by atoms with van der Waals surface area (Å²) < 4.78 is 0. The van der Waals surface area contributed by atoms with Crippen molar-refractivity contribution in [2.24, 2.45) is 17.3 Å². The highest BCUT2D eigenvalue weighted by Gasteiger charge is 2.42. The summed E-state index contributed by atoms with van der Waals surface area (Å²) >= 11 is 0. The average Bonchev–Trinajstić information content (AvgIpc) is 2.24. The van der Waals surface area contributed by atoms with Gasteiger partial charge in [0.25, 0.3) is 0 Å². The number of hydrogen-bond acceptors (Lipinski definition) is 1. The van der Waals surface area contributed by atoms with Gasteiger partial charge in [0.15, 0.2) is 0 Å². The van der Waals surface area contributed by atoms with Gasteiger partial charge in [-0.3, -0.25) is 0 Å². The lowest BCUT2D eigenvalue weighted by atomic mass is 9.60. The highest BCUT2D eigenvalue weighted by Crippen LogP contribution is 2.49. The number of carbonyl (C=O) groups excluding carboxylic acids is 1. The van der Waals surface area contributed by atoms with E-state index in [1.807, 2.05) is 0 Å². The van der Waals surface area contributed by atoms with E-state index in [9.17, 15) is 4.79 Å². The monoisotopic (exact) mass is 192 g/mol. The van der Waals surface area contributed by atoms with Crippen LogP contribution in [0.1, 0.15) is 46.0 Å². The first-order valence-electron chi connectivity index (χ1n) is 5.85. The van der Waals surface area contributed by atoms with Crippen LogP contribution in [0.3, 0.4) is 0 Å². The highest BCUT2D eigenvalue weighted by atomic mass is 16.1. The topological polar surface area (TPSA) is 17.1 Å². The first kappa shape index (κ1) is 9.95. The van der Waals surface area contributed by atoms with Gasteiger partial charge in [-0.2, -0.15) is 0 Å². The smallest absolute Gasteiger partial charge is 0.130 e. The minimum atomic E-state index is -0.149. The third-order valence-corrected chi connectivity index (χ3v) is 4.40. The number of aldehydes is 1. The van der Waals surface area contributed by atoms with Crippen molar-refractivity contribution >= 4 is 6.29 Å². The van der Waals surface area contributed by atoms with E-state index in [0.29, 0.717) is 5.92 Å². The van der Waals surface area contributed by atoms with Crippen LogP contribution in [0, 0.1) is 17.3 Å². The van der Waals surface area contributed by atoms with Crippen molar-refractivity contribution in [1.82, 2.24) is 0 Å². The molecule has 2 aliphatic rings. The van der Waals surface area contributed by atoms with Crippen LogP contribution in [-0.2, 0) is 4.79 Å². The Labute approximate surface area is 86.6 Å². The molecule has 1 heteroatoms. The summed E-state index contributed by atoms with van der Waals surface area (Å²) in [5, 5.41) is 0. The molecule has 0 aromatic rings. The lowest BCUT2D eigenvalue weighted by molar-refractivity contribution is -0.117. The minimum absolute atomic E-state index is 0.149. The van der Waals surface area contributed by atoms with Crippen molar-refractivity contribution in [3.63, 3.8) is 0 Å². The lowest BCUT2D eigenvalue weighted by Crippen LogP contribution is -2.38. The Morgan fingerprint density at radius 1 is 1.43 bits per heavy atom. The van der Waals surface area contributed by atoms with Gasteiger partial charge in [0.05, 0.1) is 0 Å². The summed E-state index contributed by atoms with van der Waals surface area (Å²) in [5.74, 6) is 1.25. The van der Waals surface area contributed by atoms with Crippen LogP contribution in [0.25, 0.3) is 0 Å². The number of allylic oxidation sites excluding steroid dienone is 2. The Hall–Kier alpha value is -0.590. The molecule has 1 fully saturated rings. The Balaban J connectivity index is 2.35. The van der Waals surface area contributed by atoms with E-state index in [1.54, 1.807) is 0 Å². The van der Waals surface area contributed by atoms with Crippen LogP contribution >= 0.6 is 0 Å². The van der Waals surface area contributed by atoms with E-state index < -0.39 is 0 Å². The molecule has 0 N–H and O–H groups in total. The summed E-state index contributed by atoms with van der Waals surface area (Å²) in [6.07, 6.45) is 9.87. The molecule has 2 rings (SSSR count). The molecular formula is C13H20O. The van der Waals surface area contributed by atoms with Crippen LogP contribution < -0.4 is 0 Å². The zero-order valence-electron chi connectivity index (χ0n) is 9.25. The van der Waals surface area contributed by atoms with Crippen LogP contribution in [0.4, 0.5) is 0 Å². The summed E-state index contributed by atoms with van der Waals surface area (Å²) in [6, 6.07) is 0. The fraction of sp³-hybridized carbons (Fsp3) is 0.769. The maximum absolute atomic E-state index is 11.3. The molecule has 0 aromatic heterocycles. The Morgan fingerprint density at radius 3 is 2.93 bits per heavy atom. The zero-order valence-corrected chi connectivity index (χ0v) is 9.25. The summed E-state index contributed by atoms with van der Waals surface area (Å²) in [6.45, 7) is 4.36. The molecule has 78 valence electrons. The van der Waals surface area contributed by atoms with Crippen molar-refractivity contribution in [2.45, 2.75) is 46.0 Å². The summed E-state index contributed by atoms with van der Waals surface area (Å²) in [4.78, 5) is 11.3. The van der Waals surface area contributed by atoms with Gasteiger partial charge < -0.3 is 4.79 Å². The molecule has 2 aliphatic carbocycles. The van der Waals surface area contributed by atoms with Crippen molar-refractivity contribution in [3.8, 4) is 0 Å². The number of fused-ring (bicyclic) bond motifs is 1. The maximum Gasteiger partial charge on any atom is 0.130 e. The molecule has 0 aliphatic heterocycles. The lowest BCUT2D eigenvalue weighted by Gasteiger charge is -2.44. The standard InChI is InChI=1S/C13H20O/c1-10-7-8-11-5-3-4-6-12(11)13(10,2)9-14/h6,9-11H,3-5,7-8H2,1-2H3. The van der Waals surface area contributed by atoms with Gasteiger partial charge in [-0.25, -0.2) is 0 Å². The number of rotatable bonds is 1. The molecule has 3 unspecified atom stereocenters. The van der Waals surface area contributed by atoms with Gasteiger partial charge in [0.1, 0.15) is 6.29 Å². The first-order valence-corrected chi connectivity index (χ1v) is 5.85. The van der Waals surface area contributed by atoms with E-state index in [4.69, 9.17) is 0 Å². The van der Waals surface area contributed by atoms with Crippen molar-refractivity contribution in [1.29, 1.82) is 0 Å². The number of hydrogen-bond donors (Lipinski definition) is 0. The molecule has 0 amide bonds. The predicted octanol–water partition coefficient (Wildman–Crippen LogP) is 3.35. The quantitative estimate of drug-likeness (QED) is 0.460. The molecule has 0 saturated heterocycles. The SMILES string of the molecule is CC1CCC2CCCC=C2C1(C)C=O. The van der Waals surface area contributed by atoms with Crippen LogP contribution in [0.5, 0.6) is 0 Å². The normalized spacial score (nSPS) is 42.6. The zero-order chi connectivity index (χ0) is 10.2. The van der Waals surface area contributed by atoms with Crippen LogP contribution in [0.15, 0.2) is 11.6 Å². The Morgan fingerprint density at radius 2 is 2.21 bits per heavy atom. The van der Waals surface area contributed by atoms with Crippen molar-refractivity contribution in [3.05, 3.63) is 11.6 Å². The van der Waals surface area contributed by atoms with E-state index in [-0.39, 0.29) is 5.41 Å². The molecule has 0 radical (unpaired) electrons. The molecule has 14 heavy (non-hydrogen) atoms. The third-order valence-electron chi connectivity index (χ3n) is 4.40. The van der Waals surface area contributed by atoms with Crippen LogP contribution in [0.2, 0.25) is 0 Å². The van der Waals surface area contributed by atoms with E-state index >= 15 is 0 Å². The molecular weight excluding hydrogens is 172 g/mol. The van der Waals surface area contributed by atoms with Gasteiger partial charge >= 0.3 is 0 Å². The average molecular weight is 192 g/mol. The van der Waals surface area contributed by atoms with E-state index in [2.05, 4.69) is 19.9 Å². The molecule has 0 bridgehead atoms. The highest BCUT2D eigenvalue weighted by molar-refractivity contribution is 5.66. The minimum Gasteiger partial charge on any atom is -0.302 e. The molecule has 0 aromatic carbocycles. The fourth-order valence-corrected chi connectivity index (χ4v) is 3.12. The van der Waals surface area contributed by atoms with Gasteiger partial charge in [-0.15, -0.1) is 0 Å². The van der Waals surface area contributed by atoms with Crippen molar-refractivity contribution < 1.29 is 4.79 Å². The van der Waals surface area contributed by atoms with Gasteiger partial charge in [0, 0.05) is 5.41 Å². The van der Waals surface area contributed by atoms with Gasteiger partial charge in [-0.05, 0) is 50.9 Å². The van der Waals surface area contributed by atoms with E-state index in [1.165, 1.54) is 44.0 Å². The van der Waals surface area contributed by atoms with E-state index in [0.717, 1.165) is 5.92 Å². The Bertz CT molecular complexity index is 266. The first-order chi connectivity index (χ1) is 6.68. The fourth-order valence-electron chi connectivity index (χ4n) is 3.12. The molecule has 0 heterocycles. The second-order valence-electron chi connectivity index (χ2n) is 5.17. The molecule has 0 spiro atoms. The largest absolute Gasteiger partial charge is 0.302 e. The molecule has 3 atom stereocenters. The second kappa shape index (κ2) is 3.52. The third kappa shape index (κ3) is 1.34. The van der Waals surface area contributed by atoms with Crippen LogP contribution in [-0.4, -0.2) is 6.29 Å². The summed E-state index contributed by atoms with van der Waals surface area (Å²) in [7, 11) is 0. The van der Waals surface area contributed by atoms with Gasteiger partial charge in [-0.1, -0.05) is 18.6 Å². The maximum atomic E-state index is 11.3. The molecule has 1 saturated carbocycles. The number of carbonyl (C=O) groups is 1.